The first kappa shape index (κ1) is 12.2. The highest BCUT2D eigenvalue weighted by molar-refractivity contribution is 5.13. The van der Waals surface area contributed by atoms with Gasteiger partial charge in [-0.2, -0.15) is 5.26 Å². The number of hydrogen-bond acceptors (Lipinski definition) is 2. The Labute approximate surface area is 116 Å². The number of hydrogen-bond donors (Lipinski definition) is 1. The van der Waals surface area contributed by atoms with E-state index in [9.17, 15) is 5.26 Å². The van der Waals surface area contributed by atoms with E-state index in [4.69, 9.17) is 0 Å². The van der Waals surface area contributed by atoms with Gasteiger partial charge in [-0.25, -0.2) is 0 Å². The van der Waals surface area contributed by atoms with Gasteiger partial charge in [0, 0.05) is 6.54 Å². The van der Waals surface area contributed by atoms with Gasteiger partial charge in [0.1, 0.15) is 5.54 Å². The summed E-state index contributed by atoms with van der Waals surface area (Å²) >= 11 is 0. The number of nitrogens with one attached hydrogen (secondary N) is 1. The maximum Gasteiger partial charge on any atom is 0.106 e. The summed E-state index contributed by atoms with van der Waals surface area (Å²) in [5.74, 6) is 3.67. The molecule has 4 bridgehead atoms. The first-order valence-electron chi connectivity index (χ1n) is 8.27. The molecule has 0 heterocycles. The second-order valence-electron chi connectivity index (χ2n) is 8.36. The SMILES string of the molecule is CC(C#N)(NCC12CC3CC(CC(C3)C1)C2)C1CC1. The third-order valence-electron chi connectivity index (χ3n) is 6.62. The average molecular weight is 258 g/mol. The van der Waals surface area contributed by atoms with Gasteiger partial charge in [-0.15, -0.1) is 0 Å². The molecule has 0 aromatic rings. The van der Waals surface area contributed by atoms with Gasteiger partial charge < -0.3 is 0 Å². The zero-order valence-electron chi connectivity index (χ0n) is 12.1. The molecule has 1 atom stereocenters. The van der Waals surface area contributed by atoms with Gasteiger partial charge in [0.25, 0.3) is 0 Å². The zero-order chi connectivity index (χ0) is 13.1. The lowest BCUT2D eigenvalue weighted by molar-refractivity contribution is -0.0537. The van der Waals surface area contributed by atoms with E-state index < -0.39 is 0 Å². The largest absolute Gasteiger partial charge is 0.299 e. The third kappa shape index (κ3) is 2.02. The highest BCUT2D eigenvalue weighted by atomic mass is 15.0. The fraction of sp³-hybridized carbons (Fsp3) is 0.941. The molecule has 2 nitrogen and oxygen atoms in total. The standard InChI is InChI=1S/C17H26N2/c1-16(10-18,15-2-3-15)19-11-17-7-12-4-13(8-17)6-14(5-12)9-17/h12-15,19H,2-9,11H2,1H3. The Morgan fingerprint density at radius 2 is 1.63 bits per heavy atom. The van der Waals surface area contributed by atoms with E-state index in [0.717, 1.165) is 24.3 Å². The lowest BCUT2D eigenvalue weighted by atomic mass is 9.49. The summed E-state index contributed by atoms with van der Waals surface area (Å²) in [6.07, 6.45) is 11.4. The minimum Gasteiger partial charge on any atom is -0.299 e. The fourth-order valence-electron chi connectivity index (χ4n) is 5.81. The molecule has 0 aliphatic heterocycles. The van der Waals surface area contributed by atoms with Crippen LogP contribution in [0.25, 0.3) is 0 Å². The molecule has 0 radical (unpaired) electrons. The Hall–Kier alpha value is -0.550. The Morgan fingerprint density at radius 1 is 1.11 bits per heavy atom. The van der Waals surface area contributed by atoms with Crippen molar-refractivity contribution >= 4 is 0 Å². The molecule has 0 aromatic heterocycles. The summed E-state index contributed by atoms with van der Waals surface area (Å²) in [5, 5.41) is 13.2. The van der Waals surface area contributed by atoms with Crippen LogP contribution in [0.2, 0.25) is 0 Å². The molecule has 5 aliphatic carbocycles. The molecule has 5 saturated carbocycles. The molecule has 19 heavy (non-hydrogen) atoms. The van der Waals surface area contributed by atoms with Gasteiger partial charge in [0.2, 0.25) is 0 Å². The summed E-state index contributed by atoms with van der Waals surface area (Å²) in [6.45, 7) is 3.24. The van der Waals surface area contributed by atoms with E-state index in [1.54, 1.807) is 0 Å². The van der Waals surface area contributed by atoms with Crippen molar-refractivity contribution in [2.45, 2.75) is 63.8 Å². The van der Waals surface area contributed by atoms with Gasteiger partial charge in [0.05, 0.1) is 6.07 Å². The lowest BCUT2D eigenvalue weighted by Crippen LogP contribution is -2.54. The van der Waals surface area contributed by atoms with Crippen LogP contribution < -0.4 is 5.32 Å². The van der Waals surface area contributed by atoms with Crippen molar-refractivity contribution in [1.29, 1.82) is 5.26 Å². The topological polar surface area (TPSA) is 35.8 Å². The second kappa shape index (κ2) is 3.98. The van der Waals surface area contributed by atoms with Crippen molar-refractivity contribution < 1.29 is 0 Å². The first-order valence-corrected chi connectivity index (χ1v) is 8.27. The molecule has 0 amide bonds. The monoisotopic (exact) mass is 258 g/mol. The number of rotatable bonds is 4. The summed E-state index contributed by atoms with van der Waals surface area (Å²) in [5.41, 5.74) is 0.311. The smallest absolute Gasteiger partial charge is 0.106 e. The summed E-state index contributed by atoms with van der Waals surface area (Å²) < 4.78 is 0. The molecule has 2 heteroatoms. The van der Waals surface area contributed by atoms with Crippen molar-refractivity contribution in [1.82, 2.24) is 5.32 Å². The van der Waals surface area contributed by atoms with Gasteiger partial charge in [-0.3, -0.25) is 5.32 Å². The minimum atomic E-state index is -0.247. The summed E-state index contributed by atoms with van der Waals surface area (Å²) in [6, 6.07) is 2.56. The van der Waals surface area contributed by atoms with Crippen molar-refractivity contribution in [2.75, 3.05) is 6.54 Å². The van der Waals surface area contributed by atoms with Crippen molar-refractivity contribution in [3.8, 4) is 6.07 Å². The highest BCUT2D eigenvalue weighted by Crippen LogP contribution is 2.59. The molecule has 0 spiro atoms. The van der Waals surface area contributed by atoms with Crippen LogP contribution in [-0.4, -0.2) is 12.1 Å². The second-order valence-corrected chi connectivity index (χ2v) is 8.36. The van der Waals surface area contributed by atoms with Crippen molar-refractivity contribution in [3.63, 3.8) is 0 Å². The molecule has 5 aliphatic rings. The molecule has 1 N–H and O–H groups in total. The molecule has 0 aromatic carbocycles. The number of nitriles is 1. The van der Waals surface area contributed by atoms with Crippen LogP contribution in [0.1, 0.15) is 58.3 Å². The Morgan fingerprint density at radius 3 is 2.05 bits per heavy atom. The molecular weight excluding hydrogens is 232 g/mol. The van der Waals surface area contributed by atoms with Crippen LogP contribution in [0.5, 0.6) is 0 Å². The molecule has 1 unspecified atom stereocenters. The van der Waals surface area contributed by atoms with Crippen LogP contribution in [0.3, 0.4) is 0 Å². The third-order valence-corrected chi connectivity index (χ3v) is 6.62. The van der Waals surface area contributed by atoms with E-state index in [1.165, 1.54) is 51.4 Å². The van der Waals surface area contributed by atoms with E-state index in [0.29, 0.717) is 11.3 Å². The first-order chi connectivity index (χ1) is 9.11. The maximum absolute atomic E-state index is 9.50. The maximum atomic E-state index is 9.50. The average Bonchev–Trinajstić information content (AvgIpc) is 3.19. The van der Waals surface area contributed by atoms with E-state index >= 15 is 0 Å². The molecular formula is C17H26N2. The number of nitrogens with zero attached hydrogens (tertiary/aromatic N) is 1. The van der Waals surface area contributed by atoms with Gasteiger partial charge in [0.15, 0.2) is 0 Å². The summed E-state index contributed by atoms with van der Waals surface area (Å²) in [4.78, 5) is 0. The van der Waals surface area contributed by atoms with E-state index in [1.807, 2.05) is 0 Å². The lowest BCUT2D eigenvalue weighted by Gasteiger charge is -2.57. The highest BCUT2D eigenvalue weighted by Gasteiger charge is 2.52. The van der Waals surface area contributed by atoms with Crippen LogP contribution in [-0.2, 0) is 0 Å². The van der Waals surface area contributed by atoms with Crippen LogP contribution >= 0.6 is 0 Å². The Kier molecular flexibility index (Phi) is 2.56. The minimum absolute atomic E-state index is 0.247. The zero-order valence-corrected chi connectivity index (χ0v) is 12.1. The van der Waals surface area contributed by atoms with Crippen molar-refractivity contribution in [3.05, 3.63) is 0 Å². The Balaban J connectivity index is 1.46. The normalized spacial score (nSPS) is 46.8. The van der Waals surface area contributed by atoms with Crippen LogP contribution in [0.15, 0.2) is 0 Å². The van der Waals surface area contributed by atoms with Crippen LogP contribution in [0, 0.1) is 40.4 Å². The van der Waals surface area contributed by atoms with Crippen LogP contribution in [0.4, 0.5) is 0 Å². The fourth-order valence-corrected chi connectivity index (χ4v) is 5.81. The summed E-state index contributed by atoms with van der Waals surface area (Å²) in [7, 11) is 0. The van der Waals surface area contributed by atoms with Gasteiger partial charge >= 0.3 is 0 Å². The quantitative estimate of drug-likeness (QED) is 0.838. The van der Waals surface area contributed by atoms with Crippen molar-refractivity contribution in [2.24, 2.45) is 29.1 Å². The Bertz CT molecular complexity index is 382. The molecule has 5 rings (SSSR count). The van der Waals surface area contributed by atoms with Gasteiger partial charge in [-0.05, 0) is 87.4 Å². The molecule has 0 saturated heterocycles. The molecule has 5 fully saturated rings. The van der Waals surface area contributed by atoms with E-state index in [2.05, 4.69) is 18.3 Å². The predicted molar refractivity (Wildman–Crippen MR) is 75.3 cm³/mol. The van der Waals surface area contributed by atoms with E-state index in [-0.39, 0.29) is 5.54 Å². The molecule has 104 valence electrons. The predicted octanol–water partition coefficient (Wildman–Crippen LogP) is 3.48. The van der Waals surface area contributed by atoms with Gasteiger partial charge in [-0.1, -0.05) is 0 Å².